The average Bonchev–Trinajstić information content (AvgIpc) is 2.56. The van der Waals surface area contributed by atoms with Crippen molar-refractivity contribution in [2.24, 2.45) is 0 Å². The molecule has 140 valence electrons. The summed E-state index contributed by atoms with van der Waals surface area (Å²) in [6.45, 7) is 13.2. The van der Waals surface area contributed by atoms with Crippen LogP contribution in [0.4, 0.5) is 0 Å². The topological polar surface area (TPSA) is 21.7 Å². The van der Waals surface area contributed by atoms with Crippen LogP contribution in [-0.4, -0.2) is 51.0 Å². The maximum absolute atomic E-state index is 5.69. The number of hydrogen-bond acceptors (Lipinski definition) is 3. The van der Waals surface area contributed by atoms with E-state index in [0.717, 1.165) is 33.0 Å². The molecule has 3 nitrogen and oxygen atoms in total. The second-order valence-electron chi connectivity index (χ2n) is 6.48. The Morgan fingerprint density at radius 3 is 1.57 bits per heavy atom. The van der Waals surface area contributed by atoms with Gasteiger partial charge in [-0.25, -0.2) is 0 Å². The van der Waals surface area contributed by atoms with Gasteiger partial charge in [0.2, 0.25) is 0 Å². The van der Waals surface area contributed by atoms with Crippen LogP contribution in [0.25, 0.3) is 0 Å². The molecule has 23 heavy (non-hydrogen) atoms. The van der Waals surface area contributed by atoms with Gasteiger partial charge < -0.3 is 14.4 Å². The van der Waals surface area contributed by atoms with E-state index in [1.807, 2.05) is 6.92 Å². The Labute approximate surface area is 146 Å². The van der Waals surface area contributed by atoms with Crippen molar-refractivity contribution in [3.05, 3.63) is 0 Å². The lowest BCUT2D eigenvalue weighted by Gasteiger charge is -2.22. The Kier molecular flexibility index (Phi) is 19.8. The highest BCUT2D eigenvalue weighted by molar-refractivity contribution is 4.59. The third-order valence-corrected chi connectivity index (χ3v) is 4.28. The van der Waals surface area contributed by atoms with E-state index in [2.05, 4.69) is 18.7 Å². The first-order chi connectivity index (χ1) is 11.3. The zero-order valence-corrected chi connectivity index (χ0v) is 16.3. The largest absolute Gasteiger partial charge is 0.379 e. The fourth-order valence-corrected chi connectivity index (χ4v) is 2.77. The van der Waals surface area contributed by atoms with Crippen molar-refractivity contribution in [3.63, 3.8) is 0 Å². The molecular weight excluding hydrogens is 286 g/mol. The van der Waals surface area contributed by atoms with Crippen molar-refractivity contribution in [3.8, 4) is 0 Å². The van der Waals surface area contributed by atoms with Crippen LogP contribution in [0.5, 0.6) is 0 Å². The van der Waals surface area contributed by atoms with E-state index in [1.54, 1.807) is 0 Å². The maximum Gasteiger partial charge on any atom is 0.0701 e. The summed E-state index contributed by atoms with van der Waals surface area (Å²) in [5.74, 6) is 0. The summed E-state index contributed by atoms with van der Waals surface area (Å²) in [6.07, 6.45) is 13.7. The van der Waals surface area contributed by atoms with Crippen LogP contribution in [-0.2, 0) is 9.47 Å². The van der Waals surface area contributed by atoms with Crippen LogP contribution < -0.4 is 0 Å². The molecule has 0 aromatic heterocycles. The number of ether oxygens (including phenoxy) is 2. The van der Waals surface area contributed by atoms with Gasteiger partial charge in [0.25, 0.3) is 0 Å². The van der Waals surface area contributed by atoms with Gasteiger partial charge in [-0.2, -0.15) is 0 Å². The highest BCUT2D eigenvalue weighted by atomic mass is 16.5. The predicted octanol–water partition coefficient (Wildman–Crippen LogP) is 5.28. The fraction of sp³-hybridized carbons (Fsp3) is 1.00. The van der Waals surface area contributed by atoms with Gasteiger partial charge in [0.1, 0.15) is 0 Å². The minimum Gasteiger partial charge on any atom is -0.379 e. The van der Waals surface area contributed by atoms with Crippen molar-refractivity contribution >= 4 is 0 Å². The van der Waals surface area contributed by atoms with Crippen LogP contribution >= 0.6 is 0 Å². The third kappa shape index (κ3) is 18.1. The van der Waals surface area contributed by atoms with Gasteiger partial charge in [0, 0.05) is 13.2 Å². The van der Waals surface area contributed by atoms with Crippen molar-refractivity contribution in [2.45, 2.75) is 85.0 Å². The molecule has 0 aliphatic rings. The Balaban J connectivity index is 3.73. The quantitative estimate of drug-likeness (QED) is 0.301. The summed E-state index contributed by atoms with van der Waals surface area (Å²) in [5.41, 5.74) is 0. The highest BCUT2D eigenvalue weighted by Crippen LogP contribution is 2.07. The standard InChI is InChI=1S/C20H43NO2/c1-4-7-9-11-13-15-21(16-14-12-10-8-5-2)17-18-23-20-19-22-6-3/h4-20H2,1-3H3. The Morgan fingerprint density at radius 1 is 0.522 bits per heavy atom. The minimum absolute atomic E-state index is 0.727. The second kappa shape index (κ2) is 19.9. The fourth-order valence-electron chi connectivity index (χ4n) is 2.77. The first-order valence-corrected chi connectivity index (χ1v) is 10.2. The summed E-state index contributed by atoms with van der Waals surface area (Å²) < 4.78 is 11.0. The molecule has 3 heteroatoms. The van der Waals surface area contributed by atoms with Crippen LogP contribution in [0, 0.1) is 0 Å². The van der Waals surface area contributed by atoms with Gasteiger partial charge in [-0.15, -0.1) is 0 Å². The number of nitrogens with zero attached hydrogens (tertiary/aromatic N) is 1. The monoisotopic (exact) mass is 329 g/mol. The molecule has 0 rings (SSSR count). The van der Waals surface area contributed by atoms with Crippen LogP contribution in [0.3, 0.4) is 0 Å². The molecule has 0 unspecified atom stereocenters. The minimum atomic E-state index is 0.727. The second-order valence-corrected chi connectivity index (χ2v) is 6.48. The summed E-state index contributed by atoms with van der Waals surface area (Å²) in [6, 6.07) is 0. The van der Waals surface area contributed by atoms with E-state index < -0.39 is 0 Å². The Morgan fingerprint density at radius 2 is 1.04 bits per heavy atom. The highest BCUT2D eigenvalue weighted by Gasteiger charge is 2.05. The molecule has 0 heterocycles. The lowest BCUT2D eigenvalue weighted by molar-refractivity contribution is 0.0424. The maximum atomic E-state index is 5.69. The van der Waals surface area contributed by atoms with Gasteiger partial charge in [0.15, 0.2) is 0 Å². The molecule has 0 bridgehead atoms. The zero-order valence-electron chi connectivity index (χ0n) is 16.3. The Hall–Kier alpha value is -0.120. The third-order valence-electron chi connectivity index (χ3n) is 4.28. The van der Waals surface area contributed by atoms with E-state index in [4.69, 9.17) is 9.47 Å². The smallest absolute Gasteiger partial charge is 0.0701 e. The molecule has 0 amide bonds. The van der Waals surface area contributed by atoms with E-state index >= 15 is 0 Å². The van der Waals surface area contributed by atoms with E-state index in [9.17, 15) is 0 Å². The lowest BCUT2D eigenvalue weighted by atomic mass is 10.1. The van der Waals surface area contributed by atoms with E-state index in [1.165, 1.54) is 77.3 Å². The van der Waals surface area contributed by atoms with Crippen LogP contribution in [0.1, 0.15) is 85.0 Å². The summed E-state index contributed by atoms with van der Waals surface area (Å²) in [5, 5.41) is 0. The SMILES string of the molecule is CCCCCCCN(CCCCCCC)CCOCCOCC. The van der Waals surface area contributed by atoms with Gasteiger partial charge in [0.05, 0.1) is 19.8 Å². The number of hydrogen-bond donors (Lipinski definition) is 0. The molecule has 0 spiro atoms. The van der Waals surface area contributed by atoms with Gasteiger partial charge in [-0.3, -0.25) is 0 Å². The molecule has 0 aliphatic heterocycles. The molecule has 0 aromatic rings. The first-order valence-electron chi connectivity index (χ1n) is 10.2. The number of rotatable bonds is 19. The normalized spacial score (nSPS) is 11.5. The van der Waals surface area contributed by atoms with Crippen molar-refractivity contribution in [1.82, 2.24) is 4.90 Å². The van der Waals surface area contributed by atoms with Crippen LogP contribution in [0.15, 0.2) is 0 Å². The van der Waals surface area contributed by atoms with Gasteiger partial charge in [-0.1, -0.05) is 65.2 Å². The average molecular weight is 330 g/mol. The molecule has 0 saturated carbocycles. The molecule has 0 aliphatic carbocycles. The molecule has 0 fully saturated rings. The van der Waals surface area contributed by atoms with Gasteiger partial charge >= 0.3 is 0 Å². The van der Waals surface area contributed by atoms with Crippen LogP contribution in [0.2, 0.25) is 0 Å². The summed E-state index contributed by atoms with van der Waals surface area (Å²) in [7, 11) is 0. The molecule has 0 aromatic carbocycles. The predicted molar refractivity (Wildman–Crippen MR) is 101 cm³/mol. The molecule has 0 saturated heterocycles. The van der Waals surface area contributed by atoms with Crippen molar-refractivity contribution < 1.29 is 9.47 Å². The van der Waals surface area contributed by atoms with E-state index in [0.29, 0.717) is 0 Å². The lowest BCUT2D eigenvalue weighted by Crippen LogP contribution is -2.30. The zero-order chi connectivity index (χ0) is 17.0. The number of unbranched alkanes of at least 4 members (excludes halogenated alkanes) is 8. The molecule has 0 N–H and O–H groups in total. The van der Waals surface area contributed by atoms with Gasteiger partial charge in [-0.05, 0) is 32.9 Å². The first kappa shape index (κ1) is 22.9. The van der Waals surface area contributed by atoms with E-state index in [-0.39, 0.29) is 0 Å². The van der Waals surface area contributed by atoms with Crippen molar-refractivity contribution in [1.29, 1.82) is 0 Å². The Bertz CT molecular complexity index is 198. The summed E-state index contributed by atoms with van der Waals surface area (Å²) in [4.78, 5) is 2.61. The molecule has 0 radical (unpaired) electrons. The molecule has 0 atom stereocenters. The summed E-state index contributed by atoms with van der Waals surface area (Å²) >= 11 is 0. The van der Waals surface area contributed by atoms with Crippen molar-refractivity contribution in [2.75, 3.05) is 46.1 Å². The molecular formula is C20H43NO2.